The van der Waals surface area contributed by atoms with Crippen LogP contribution in [0.1, 0.15) is 126 Å². The van der Waals surface area contributed by atoms with E-state index in [1.54, 1.807) is 0 Å². The Morgan fingerprint density at radius 3 is 1.30 bits per heavy atom. The number of carbonyl (C=O) groups excluding carboxylic acids is 3. The molecule has 5 rings (SSSR count). The summed E-state index contributed by atoms with van der Waals surface area (Å²) in [6.45, 7) is 25.5. The molecule has 3 unspecified atom stereocenters. The molecule has 5 fully saturated rings. The van der Waals surface area contributed by atoms with Gasteiger partial charge in [-0.2, -0.15) is 0 Å². The molecule has 0 aromatic carbocycles. The van der Waals surface area contributed by atoms with Gasteiger partial charge in [-0.1, -0.05) is 68.7 Å². The van der Waals surface area contributed by atoms with Crippen LogP contribution in [0.5, 0.6) is 0 Å². The van der Waals surface area contributed by atoms with Crippen molar-refractivity contribution in [3.05, 3.63) is 38.0 Å². The van der Waals surface area contributed by atoms with Crippen LogP contribution in [0.15, 0.2) is 38.0 Å². The van der Waals surface area contributed by atoms with Gasteiger partial charge in [0.2, 0.25) is 5.24 Å². The molecule has 2 saturated heterocycles. The van der Waals surface area contributed by atoms with Crippen molar-refractivity contribution in [3.8, 4) is 0 Å². The van der Waals surface area contributed by atoms with Gasteiger partial charge in [-0.25, -0.2) is 9.59 Å². The molecule has 3 radical (unpaired) electrons. The van der Waals surface area contributed by atoms with E-state index in [9.17, 15) is 24.6 Å². The first-order valence-corrected chi connectivity index (χ1v) is 19.8. The number of carbonyl (C=O) groups is 3. The fourth-order valence-electron chi connectivity index (χ4n) is 6.42. The highest BCUT2D eigenvalue weighted by Gasteiger charge is 2.42. The van der Waals surface area contributed by atoms with E-state index < -0.39 is 17.0 Å². The second-order valence-electron chi connectivity index (χ2n) is 12.4. The first-order valence-electron chi connectivity index (χ1n) is 19.4. The Morgan fingerprint density at radius 1 is 0.661 bits per heavy atom. The van der Waals surface area contributed by atoms with Crippen LogP contribution in [-0.4, -0.2) is 110 Å². The maximum absolute atomic E-state index is 11.0. The van der Waals surface area contributed by atoms with Crippen LogP contribution in [0, 0.1) is 17.8 Å². The molecule has 2 aliphatic heterocycles. The predicted octanol–water partition coefficient (Wildman–Crippen LogP) is 6.59. The van der Waals surface area contributed by atoms with Crippen molar-refractivity contribution in [2.75, 3.05) is 46.2 Å². The van der Waals surface area contributed by atoms with Crippen LogP contribution in [0.25, 0.3) is 0 Å². The lowest BCUT2D eigenvalue weighted by Crippen LogP contribution is -2.37. The lowest BCUT2D eigenvalue weighted by atomic mass is 9.85. The molecule has 5 N–H and O–H groups in total. The molecule has 2 heterocycles. The first kappa shape index (κ1) is 63.0. The Hall–Kier alpha value is -2.14. The maximum atomic E-state index is 11.0. The molecule has 2 spiro atoms. The van der Waals surface area contributed by atoms with Crippen LogP contribution in [-0.2, 0) is 42.8 Å². The summed E-state index contributed by atoms with van der Waals surface area (Å²) in [5, 5.41) is 27.2. The number of halogens is 1. The highest BCUT2D eigenvalue weighted by atomic mass is 35.5. The number of hydrogen-bond acceptors (Lipinski definition) is 12. The predicted molar refractivity (Wildman–Crippen MR) is 223 cm³/mol. The van der Waals surface area contributed by atoms with E-state index in [0.717, 1.165) is 89.6 Å². The van der Waals surface area contributed by atoms with Gasteiger partial charge in [-0.15, -0.1) is 0 Å². The van der Waals surface area contributed by atoms with Crippen molar-refractivity contribution < 1.29 is 63.6 Å². The third kappa shape index (κ3) is 27.5. The van der Waals surface area contributed by atoms with Crippen molar-refractivity contribution in [2.24, 2.45) is 17.8 Å². The molecule has 13 nitrogen and oxygen atoms in total. The summed E-state index contributed by atoms with van der Waals surface area (Å²) in [5.41, 5.74) is 0. The second kappa shape index (κ2) is 37.2. The zero-order valence-electron chi connectivity index (χ0n) is 34.5. The fraction of sp³-hybridized carbons (Fsp3) is 0.780. The average Bonchev–Trinajstić information content (AvgIpc) is 3.84. The van der Waals surface area contributed by atoms with Crippen molar-refractivity contribution >= 4 is 37.2 Å². The number of ether oxygens (including phenoxy) is 6. The zero-order valence-corrected chi connectivity index (χ0v) is 35.2. The number of allylic oxidation sites excluding steroid dienone is 1. The normalized spacial score (nSPS) is 22.6. The molecule has 0 bridgehead atoms. The van der Waals surface area contributed by atoms with E-state index in [4.69, 9.17) is 45.1 Å². The van der Waals surface area contributed by atoms with Crippen LogP contribution >= 0.6 is 11.6 Å². The summed E-state index contributed by atoms with van der Waals surface area (Å²) < 4.78 is 32.4. The summed E-state index contributed by atoms with van der Waals surface area (Å²) in [6, 6.07) is 0. The quantitative estimate of drug-likeness (QED) is 0.0781. The molecule has 0 aromatic rings. The van der Waals surface area contributed by atoms with Crippen LogP contribution in [0.2, 0.25) is 0 Å². The Bertz CT molecular complexity index is 1020. The number of aliphatic hydroxyl groups excluding tert-OH is 1. The van der Waals surface area contributed by atoms with Gasteiger partial charge in [0, 0.05) is 65.7 Å². The molecular weight excluding hydrogens is 747 g/mol. The fourth-order valence-corrected chi connectivity index (χ4v) is 6.42. The van der Waals surface area contributed by atoms with Crippen molar-refractivity contribution in [1.82, 2.24) is 0 Å². The molecular formula is C41H77BClO13. The molecule has 3 aliphatic carbocycles. The summed E-state index contributed by atoms with van der Waals surface area (Å²) in [6.07, 6.45) is 13.7. The largest absolute Gasteiger partial charge is 0.462 e. The van der Waals surface area contributed by atoms with Crippen molar-refractivity contribution in [1.29, 1.82) is 0 Å². The zero-order chi connectivity index (χ0) is 40.8. The van der Waals surface area contributed by atoms with Gasteiger partial charge in [-0.3, -0.25) is 4.79 Å². The first-order chi connectivity index (χ1) is 25.4. The lowest BCUT2D eigenvalue weighted by Gasteiger charge is -2.35. The summed E-state index contributed by atoms with van der Waals surface area (Å²) in [7, 11) is 0. The van der Waals surface area contributed by atoms with Gasteiger partial charge in [0.15, 0.2) is 17.4 Å². The molecule has 0 aromatic heterocycles. The van der Waals surface area contributed by atoms with Crippen molar-refractivity contribution in [2.45, 2.75) is 143 Å². The molecule has 56 heavy (non-hydrogen) atoms. The van der Waals surface area contributed by atoms with E-state index in [1.165, 1.54) is 6.08 Å². The third-order valence-corrected chi connectivity index (χ3v) is 8.80. The molecule has 329 valence electrons. The second-order valence-corrected chi connectivity index (χ2v) is 12.8. The molecule has 5 aliphatic rings. The highest BCUT2D eigenvalue weighted by Crippen LogP contribution is 2.39. The smallest absolute Gasteiger partial charge is 0.330 e. The van der Waals surface area contributed by atoms with Crippen LogP contribution in [0.3, 0.4) is 0 Å². The Morgan fingerprint density at radius 2 is 0.982 bits per heavy atom. The molecule has 0 amide bonds. The lowest BCUT2D eigenvalue weighted by molar-refractivity contribution is -0.195. The van der Waals surface area contributed by atoms with Gasteiger partial charge in [-0.05, 0) is 74.0 Å². The van der Waals surface area contributed by atoms with E-state index in [2.05, 4.69) is 19.7 Å². The van der Waals surface area contributed by atoms with Gasteiger partial charge >= 0.3 is 11.9 Å². The molecule has 15 heteroatoms. The number of aliphatic hydroxyl groups is 3. The van der Waals surface area contributed by atoms with E-state index in [-0.39, 0.29) is 64.4 Å². The van der Waals surface area contributed by atoms with E-state index in [0.29, 0.717) is 38.1 Å². The summed E-state index contributed by atoms with van der Waals surface area (Å²) in [4.78, 5) is 31.2. The standard InChI is InChI=1S/C12H18O4.C10H16O4.C9H16O3.C3H3ClO.3C2H6.CH4.B.H2O/c1-2-11(13)14-9-10-4-3-5-12(8-10)15-6-7-16-12;1-2-9(11)14-7-8-4-3-5-10(12,13)6-8;10-7-8-2-1-3-9(6-8)11-4-5-12-9;1-2-3(4)5;3*1-2;;;/h2,10H,1,3-9H2;2,8,12-13H,1,3-7H2;8,10H,1-7H2;2H,1H2;3*1-2H3;1H4;;1H2. The van der Waals surface area contributed by atoms with E-state index >= 15 is 0 Å². The topological polar surface area (TPSA) is 199 Å². The van der Waals surface area contributed by atoms with E-state index in [1.807, 2.05) is 41.5 Å². The number of hydrogen-bond donors (Lipinski definition) is 3. The van der Waals surface area contributed by atoms with Gasteiger partial charge in [0.25, 0.3) is 0 Å². The highest BCUT2D eigenvalue weighted by molar-refractivity contribution is 6.66. The maximum Gasteiger partial charge on any atom is 0.330 e. The number of rotatable bonds is 8. The summed E-state index contributed by atoms with van der Waals surface area (Å²) >= 11 is 4.71. The Balaban J connectivity index is -0.000000202. The van der Waals surface area contributed by atoms with Gasteiger partial charge < -0.3 is 49.2 Å². The van der Waals surface area contributed by atoms with Crippen LogP contribution in [0.4, 0.5) is 0 Å². The van der Waals surface area contributed by atoms with Crippen LogP contribution < -0.4 is 0 Å². The van der Waals surface area contributed by atoms with Gasteiger partial charge in [0.1, 0.15) is 0 Å². The molecule has 3 atom stereocenters. The average molecular weight is 824 g/mol. The summed E-state index contributed by atoms with van der Waals surface area (Å²) in [5.74, 6) is -2.32. The van der Waals surface area contributed by atoms with Crippen molar-refractivity contribution in [3.63, 3.8) is 0 Å². The monoisotopic (exact) mass is 824 g/mol. The number of esters is 2. The van der Waals surface area contributed by atoms with Gasteiger partial charge in [0.05, 0.1) is 39.6 Å². The minimum absolute atomic E-state index is 0. The minimum atomic E-state index is -1.58. The molecule has 3 saturated carbocycles. The Labute approximate surface area is 345 Å². The third-order valence-electron chi connectivity index (χ3n) is 8.65. The minimum Gasteiger partial charge on any atom is -0.462 e. The Kier molecular flexibility index (Phi) is 41.8. The SMILES string of the molecule is C.C=CC(=O)Cl.C=CC(=O)OCC1CCCC(O)(O)C1.C=CC(=O)OCC1CCCC2(C1)OCCO2.CC.CC.CC.O.OCC1CCCC2(C1)OCCO2.[B].